The third-order valence-electron chi connectivity index (χ3n) is 2.89. The van der Waals surface area contributed by atoms with Crippen LogP contribution in [0.15, 0.2) is 17.5 Å². The van der Waals surface area contributed by atoms with Crippen molar-refractivity contribution in [3.63, 3.8) is 0 Å². The van der Waals surface area contributed by atoms with Crippen molar-refractivity contribution in [2.45, 2.75) is 13.0 Å². The van der Waals surface area contributed by atoms with Crippen molar-refractivity contribution in [3.05, 3.63) is 22.4 Å². The summed E-state index contributed by atoms with van der Waals surface area (Å²) in [7, 11) is 0. The number of morpholine rings is 1. The number of carbonyl (C=O) groups excluding carboxylic acids is 1. The summed E-state index contributed by atoms with van der Waals surface area (Å²) in [5.41, 5.74) is 0. The highest BCUT2D eigenvalue weighted by molar-refractivity contribution is 7.10. The Kier molecular flexibility index (Phi) is 4.53. The number of hydrogen-bond acceptors (Lipinski definition) is 4. The van der Waals surface area contributed by atoms with E-state index >= 15 is 0 Å². The molecule has 1 saturated heterocycles. The molecule has 0 aliphatic carbocycles. The maximum atomic E-state index is 11.9. The van der Waals surface area contributed by atoms with Crippen LogP contribution in [0.1, 0.15) is 17.8 Å². The Hall–Kier alpha value is -0.910. The number of amides is 1. The zero-order chi connectivity index (χ0) is 12.1. The van der Waals surface area contributed by atoms with Crippen molar-refractivity contribution < 1.29 is 9.53 Å². The summed E-state index contributed by atoms with van der Waals surface area (Å²) < 4.78 is 5.22. The predicted octanol–water partition coefficient (Wildman–Crippen LogP) is 1.26. The molecule has 0 spiro atoms. The summed E-state index contributed by atoms with van der Waals surface area (Å²) in [5.74, 6) is 0.164. The van der Waals surface area contributed by atoms with E-state index in [9.17, 15) is 4.79 Å². The number of rotatable bonds is 4. The van der Waals surface area contributed by atoms with Gasteiger partial charge >= 0.3 is 0 Å². The first-order chi connectivity index (χ1) is 8.27. The summed E-state index contributed by atoms with van der Waals surface area (Å²) in [6.45, 7) is 5.23. The van der Waals surface area contributed by atoms with Gasteiger partial charge in [-0.05, 0) is 18.4 Å². The van der Waals surface area contributed by atoms with Crippen LogP contribution in [0.5, 0.6) is 0 Å². The molecule has 0 radical (unpaired) electrons. The number of thiophene rings is 1. The Balaban J connectivity index is 1.75. The first-order valence-electron chi connectivity index (χ1n) is 5.89. The molecule has 0 saturated carbocycles. The van der Waals surface area contributed by atoms with Crippen LogP contribution in [0, 0.1) is 0 Å². The maximum Gasteiger partial charge on any atom is 0.236 e. The Labute approximate surface area is 106 Å². The van der Waals surface area contributed by atoms with E-state index in [4.69, 9.17) is 4.74 Å². The van der Waals surface area contributed by atoms with Gasteiger partial charge < -0.3 is 15.0 Å². The number of hydrogen-bond donors (Lipinski definition) is 1. The SMILES string of the molecule is CC(NCC(=O)N1CCOCC1)c1cccs1. The average molecular weight is 254 g/mol. The van der Waals surface area contributed by atoms with E-state index in [-0.39, 0.29) is 11.9 Å². The van der Waals surface area contributed by atoms with E-state index < -0.39 is 0 Å². The first-order valence-corrected chi connectivity index (χ1v) is 6.77. The molecule has 2 rings (SSSR count). The van der Waals surface area contributed by atoms with Crippen LogP contribution < -0.4 is 5.32 Å². The Morgan fingerprint density at radius 3 is 3.00 bits per heavy atom. The highest BCUT2D eigenvalue weighted by atomic mass is 32.1. The minimum Gasteiger partial charge on any atom is -0.378 e. The molecule has 1 aliphatic rings. The lowest BCUT2D eigenvalue weighted by Gasteiger charge is -2.27. The highest BCUT2D eigenvalue weighted by Gasteiger charge is 2.17. The molecule has 0 aromatic carbocycles. The van der Waals surface area contributed by atoms with Gasteiger partial charge in [-0.15, -0.1) is 11.3 Å². The third kappa shape index (κ3) is 3.52. The smallest absolute Gasteiger partial charge is 0.236 e. The largest absolute Gasteiger partial charge is 0.378 e. The topological polar surface area (TPSA) is 41.6 Å². The molecule has 1 aromatic rings. The Morgan fingerprint density at radius 1 is 1.59 bits per heavy atom. The molecule has 1 unspecified atom stereocenters. The van der Waals surface area contributed by atoms with Crippen LogP contribution in [0.2, 0.25) is 0 Å². The molecule has 4 nitrogen and oxygen atoms in total. The van der Waals surface area contributed by atoms with Crippen molar-refractivity contribution in [2.75, 3.05) is 32.8 Å². The second kappa shape index (κ2) is 6.14. The summed E-state index contributed by atoms with van der Waals surface area (Å²) in [6.07, 6.45) is 0. The van der Waals surface area contributed by atoms with Crippen molar-refractivity contribution in [2.24, 2.45) is 0 Å². The summed E-state index contributed by atoms with van der Waals surface area (Å²) in [5, 5.41) is 5.31. The van der Waals surface area contributed by atoms with Gasteiger partial charge in [-0.2, -0.15) is 0 Å². The number of ether oxygens (including phenoxy) is 1. The first kappa shape index (κ1) is 12.5. The fourth-order valence-electron chi connectivity index (χ4n) is 1.80. The van der Waals surface area contributed by atoms with Gasteiger partial charge in [-0.3, -0.25) is 4.79 Å². The zero-order valence-corrected chi connectivity index (χ0v) is 10.8. The molecule has 0 bridgehead atoms. The van der Waals surface area contributed by atoms with Crippen molar-refractivity contribution in [1.29, 1.82) is 0 Å². The molecule has 1 fully saturated rings. The minimum atomic E-state index is 0.164. The van der Waals surface area contributed by atoms with E-state index in [1.54, 1.807) is 11.3 Å². The maximum absolute atomic E-state index is 11.9. The molecule has 94 valence electrons. The monoisotopic (exact) mass is 254 g/mol. The van der Waals surface area contributed by atoms with Crippen LogP contribution >= 0.6 is 11.3 Å². The number of carbonyl (C=O) groups is 1. The molecule has 1 aromatic heterocycles. The molecule has 5 heteroatoms. The fraction of sp³-hybridized carbons (Fsp3) is 0.583. The molecule has 1 N–H and O–H groups in total. The predicted molar refractivity (Wildman–Crippen MR) is 68.1 cm³/mol. The van der Waals surface area contributed by atoms with Gasteiger partial charge in [0.15, 0.2) is 0 Å². The Morgan fingerprint density at radius 2 is 2.35 bits per heavy atom. The van der Waals surface area contributed by atoms with Crippen LogP contribution in [0.3, 0.4) is 0 Å². The quantitative estimate of drug-likeness (QED) is 0.879. The lowest BCUT2D eigenvalue weighted by atomic mass is 10.2. The van der Waals surface area contributed by atoms with Gasteiger partial charge in [-0.25, -0.2) is 0 Å². The number of nitrogens with one attached hydrogen (secondary N) is 1. The van der Waals surface area contributed by atoms with E-state index in [2.05, 4.69) is 23.7 Å². The lowest BCUT2D eigenvalue weighted by molar-refractivity contribution is -0.134. The van der Waals surface area contributed by atoms with Crippen molar-refractivity contribution >= 4 is 17.2 Å². The lowest BCUT2D eigenvalue weighted by Crippen LogP contribution is -2.44. The second-order valence-corrected chi connectivity index (χ2v) is 5.09. The number of nitrogens with zero attached hydrogens (tertiary/aromatic N) is 1. The molecule has 1 amide bonds. The molecular weight excluding hydrogens is 236 g/mol. The van der Waals surface area contributed by atoms with Gasteiger partial charge in [-0.1, -0.05) is 6.07 Å². The van der Waals surface area contributed by atoms with Crippen LogP contribution in [-0.4, -0.2) is 43.7 Å². The molecule has 2 heterocycles. The van der Waals surface area contributed by atoms with Gasteiger partial charge in [0.2, 0.25) is 5.91 Å². The van der Waals surface area contributed by atoms with E-state index in [0.717, 1.165) is 0 Å². The zero-order valence-electron chi connectivity index (χ0n) is 10.0. The van der Waals surface area contributed by atoms with Crippen LogP contribution in [0.4, 0.5) is 0 Å². The van der Waals surface area contributed by atoms with Gasteiger partial charge in [0.05, 0.1) is 19.8 Å². The highest BCUT2D eigenvalue weighted by Crippen LogP contribution is 2.17. The molecule has 1 atom stereocenters. The van der Waals surface area contributed by atoms with E-state index in [1.165, 1.54) is 4.88 Å². The average Bonchev–Trinajstić information content (AvgIpc) is 2.90. The van der Waals surface area contributed by atoms with E-state index in [1.807, 2.05) is 11.0 Å². The van der Waals surface area contributed by atoms with Gasteiger partial charge in [0.1, 0.15) is 0 Å². The summed E-state index contributed by atoms with van der Waals surface area (Å²) in [4.78, 5) is 15.0. The van der Waals surface area contributed by atoms with Gasteiger partial charge in [0, 0.05) is 24.0 Å². The third-order valence-corrected chi connectivity index (χ3v) is 3.95. The second-order valence-electron chi connectivity index (χ2n) is 4.11. The van der Waals surface area contributed by atoms with Gasteiger partial charge in [0.25, 0.3) is 0 Å². The van der Waals surface area contributed by atoms with Crippen molar-refractivity contribution in [3.8, 4) is 0 Å². The normalized spacial score (nSPS) is 18.1. The standard InChI is InChI=1S/C12H18N2O2S/c1-10(11-3-2-8-17-11)13-9-12(15)14-4-6-16-7-5-14/h2-3,8,10,13H,4-7,9H2,1H3. The van der Waals surface area contributed by atoms with Crippen LogP contribution in [-0.2, 0) is 9.53 Å². The van der Waals surface area contributed by atoms with Crippen LogP contribution in [0.25, 0.3) is 0 Å². The summed E-state index contributed by atoms with van der Waals surface area (Å²) in [6, 6.07) is 4.35. The summed E-state index contributed by atoms with van der Waals surface area (Å²) >= 11 is 1.71. The molecule has 1 aliphatic heterocycles. The molecule has 17 heavy (non-hydrogen) atoms. The fourth-order valence-corrected chi connectivity index (χ4v) is 2.56. The Bertz CT molecular complexity index is 347. The van der Waals surface area contributed by atoms with Crippen molar-refractivity contribution in [1.82, 2.24) is 10.2 Å². The minimum absolute atomic E-state index is 0.164. The molecular formula is C12H18N2O2S. The van der Waals surface area contributed by atoms with E-state index in [0.29, 0.717) is 32.8 Å².